The number of carbonyl (C=O) groups is 2. The van der Waals surface area contributed by atoms with Crippen LogP contribution in [0.1, 0.15) is 32.7 Å². The fourth-order valence-electron chi connectivity index (χ4n) is 3.60. The molecule has 3 aromatic rings. The molecule has 1 unspecified atom stereocenters. The lowest BCUT2D eigenvalue weighted by Crippen LogP contribution is -2.28. The molecule has 1 fully saturated rings. The third-order valence-electron chi connectivity index (χ3n) is 5.12. The quantitative estimate of drug-likeness (QED) is 0.713. The van der Waals surface area contributed by atoms with E-state index in [1.165, 1.54) is 6.33 Å². The van der Waals surface area contributed by atoms with Crippen molar-refractivity contribution in [2.24, 2.45) is 5.92 Å². The lowest BCUT2D eigenvalue weighted by Gasteiger charge is -2.17. The third-order valence-corrected chi connectivity index (χ3v) is 5.12. The molecule has 1 amide bonds. The van der Waals surface area contributed by atoms with Gasteiger partial charge in [-0.2, -0.15) is 5.10 Å². The number of nitrogens with zero attached hydrogens (tertiary/aromatic N) is 3. The molecule has 142 valence electrons. The van der Waals surface area contributed by atoms with Gasteiger partial charge in [-0.25, -0.2) is 9.78 Å². The molecule has 0 spiro atoms. The topological polar surface area (TPSA) is 99.2 Å². The van der Waals surface area contributed by atoms with Crippen molar-refractivity contribution in [3.8, 4) is 11.4 Å². The fourth-order valence-corrected chi connectivity index (χ4v) is 3.60. The zero-order valence-electron chi connectivity index (χ0n) is 15.2. The number of carboxylic acids is 1. The van der Waals surface area contributed by atoms with Gasteiger partial charge >= 0.3 is 5.97 Å². The molecule has 1 atom stereocenters. The van der Waals surface area contributed by atoms with E-state index < -0.39 is 5.97 Å². The second-order valence-electron chi connectivity index (χ2n) is 7.02. The minimum Gasteiger partial charge on any atom is -0.478 e. The fraction of sp³-hybridized carbons (Fsp3) is 0.238. The van der Waals surface area contributed by atoms with Gasteiger partial charge in [0, 0.05) is 24.2 Å². The summed E-state index contributed by atoms with van der Waals surface area (Å²) in [5.74, 6) is 0.175. The number of aromatic carboxylic acids is 1. The zero-order chi connectivity index (χ0) is 19.5. The summed E-state index contributed by atoms with van der Waals surface area (Å²) in [4.78, 5) is 29.7. The minimum atomic E-state index is -0.918. The molecule has 7 nitrogen and oxygen atoms in total. The molecule has 2 aromatic carbocycles. The maximum absolute atomic E-state index is 12.8. The number of carbonyl (C=O) groups excluding carboxylic acids is 1. The zero-order valence-corrected chi connectivity index (χ0v) is 15.2. The van der Waals surface area contributed by atoms with E-state index in [2.05, 4.69) is 15.2 Å². The highest BCUT2D eigenvalue weighted by molar-refractivity contribution is 5.94. The number of H-pyrrole nitrogens is 1. The van der Waals surface area contributed by atoms with Crippen LogP contribution in [0.5, 0.6) is 0 Å². The van der Waals surface area contributed by atoms with Gasteiger partial charge in [0.25, 0.3) is 5.91 Å². The van der Waals surface area contributed by atoms with Gasteiger partial charge in [-0.1, -0.05) is 24.3 Å². The maximum atomic E-state index is 12.8. The first-order valence-electron chi connectivity index (χ1n) is 9.17. The Balaban J connectivity index is 1.37. The van der Waals surface area contributed by atoms with E-state index in [1.807, 2.05) is 41.3 Å². The second kappa shape index (κ2) is 7.64. The van der Waals surface area contributed by atoms with Crippen molar-refractivity contribution in [2.45, 2.75) is 12.8 Å². The summed E-state index contributed by atoms with van der Waals surface area (Å²) in [5.41, 5.74) is 2.94. The van der Waals surface area contributed by atoms with Crippen molar-refractivity contribution in [3.63, 3.8) is 0 Å². The van der Waals surface area contributed by atoms with Gasteiger partial charge in [0.15, 0.2) is 5.82 Å². The monoisotopic (exact) mass is 376 g/mol. The third kappa shape index (κ3) is 3.78. The average Bonchev–Trinajstić information content (AvgIpc) is 3.40. The number of amides is 1. The number of rotatable bonds is 5. The van der Waals surface area contributed by atoms with E-state index in [1.54, 1.807) is 12.1 Å². The number of hydrogen-bond acceptors (Lipinski definition) is 4. The number of hydrogen-bond donors (Lipinski definition) is 2. The van der Waals surface area contributed by atoms with Crippen LogP contribution in [-0.4, -0.2) is 50.2 Å². The molecule has 2 N–H and O–H groups in total. The van der Waals surface area contributed by atoms with Crippen LogP contribution in [0.15, 0.2) is 54.9 Å². The van der Waals surface area contributed by atoms with Crippen LogP contribution in [0.3, 0.4) is 0 Å². The molecule has 1 saturated heterocycles. The van der Waals surface area contributed by atoms with E-state index >= 15 is 0 Å². The van der Waals surface area contributed by atoms with Gasteiger partial charge in [-0.05, 0) is 48.6 Å². The number of aromatic amines is 1. The Bertz CT molecular complexity index is 966. The number of carboxylic acid groups (broad SMARTS) is 1. The van der Waals surface area contributed by atoms with Crippen LogP contribution in [0, 0.1) is 5.92 Å². The van der Waals surface area contributed by atoms with E-state index in [4.69, 9.17) is 5.11 Å². The Morgan fingerprint density at radius 1 is 1.07 bits per heavy atom. The van der Waals surface area contributed by atoms with E-state index in [0.717, 1.165) is 30.5 Å². The second-order valence-corrected chi connectivity index (χ2v) is 7.02. The van der Waals surface area contributed by atoms with Gasteiger partial charge in [-0.3, -0.25) is 9.89 Å². The highest BCUT2D eigenvalue weighted by atomic mass is 16.4. The predicted octanol–water partition coefficient (Wildman–Crippen LogP) is 2.87. The SMILES string of the molecule is O=C(O)c1ccc(CC2CCN(C(=O)c3ccc(-c4ncn[nH]4)cc3)C2)cc1. The molecule has 0 aliphatic carbocycles. The first kappa shape index (κ1) is 17.9. The first-order chi connectivity index (χ1) is 13.6. The number of nitrogens with one attached hydrogen (secondary N) is 1. The number of aromatic nitrogens is 3. The van der Waals surface area contributed by atoms with Gasteiger partial charge in [0.05, 0.1) is 5.56 Å². The summed E-state index contributed by atoms with van der Waals surface area (Å²) in [5, 5.41) is 15.6. The average molecular weight is 376 g/mol. The summed E-state index contributed by atoms with van der Waals surface area (Å²) in [6.45, 7) is 1.45. The van der Waals surface area contributed by atoms with Crippen LogP contribution in [0.2, 0.25) is 0 Å². The molecule has 2 heterocycles. The van der Waals surface area contributed by atoms with Gasteiger partial charge in [0.2, 0.25) is 0 Å². The van der Waals surface area contributed by atoms with Crippen molar-refractivity contribution in [2.75, 3.05) is 13.1 Å². The molecule has 1 aliphatic rings. The normalized spacial score (nSPS) is 16.3. The van der Waals surface area contributed by atoms with Crippen LogP contribution in [0.4, 0.5) is 0 Å². The summed E-state index contributed by atoms with van der Waals surface area (Å²) in [6.07, 6.45) is 3.24. The van der Waals surface area contributed by atoms with Crippen LogP contribution in [-0.2, 0) is 6.42 Å². The number of benzene rings is 2. The Morgan fingerprint density at radius 3 is 2.43 bits per heavy atom. The molecule has 0 saturated carbocycles. The van der Waals surface area contributed by atoms with Crippen molar-refractivity contribution < 1.29 is 14.7 Å². The van der Waals surface area contributed by atoms with Gasteiger partial charge in [0.1, 0.15) is 6.33 Å². The Hall–Kier alpha value is -3.48. The molecule has 1 aliphatic heterocycles. The molecule has 7 heteroatoms. The predicted molar refractivity (Wildman–Crippen MR) is 103 cm³/mol. The smallest absolute Gasteiger partial charge is 0.335 e. The van der Waals surface area contributed by atoms with Gasteiger partial charge in [-0.15, -0.1) is 0 Å². The Kier molecular flexibility index (Phi) is 4.89. The lowest BCUT2D eigenvalue weighted by atomic mass is 9.98. The van der Waals surface area contributed by atoms with Crippen molar-refractivity contribution in [1.82, 2.24) is 20.1 Å². The molecule has 1 aromatic heterocycles. The minimum absolute atomic E-state index is 0.0350. The van der Waals surface area contributed by atoms with Crippen molar-refractivity contribution in [3.05, 3.63) is 71.5 Å². The first-order valence-corrected chi connectivity index (χ1v) is 9.17. The van der Waals surface area contributed by atoms with Crippen molar-refractivity contribution >= 4 is 11.9 Å². The summed E-state index contributed by atoms with van der Waals surface area (Å²) in [7, 11) is 0. The molecule has 0 bridgehead atoms. The molecular weight excluding hydrogens is 356 g/mol. The van der Waals surface area contributed by atoms with E-state index in [0.29, 0.717) is 29.4 Å². The molecule has 0 radical (unpaired) electrons. The van der Waals surface area contributed by atoms with Crippen LogP contribution >= 0.6 is 0 Å². The Labute approximate surface area is 162 Å². The van der Waals surface area contributed by atoms with Crippen molar-refractivity contribution in [1.29, 1.82) is 0 Å². The highest BCUT2D eigenvalue weighted by Crippen LogP contribution is 2.23. The summed E-state index contributed by atoms with van der Waals surface area (Å²) < 4.78 is 0. The van der Waals surface area contributed by atoms with E-state index in [9.17, 15) is 9.59 Å². The summed E-state index contributed by atoms with van der Waals surface area (Å²) in [6, 6.07) is 14.3. The molecule has 4 rings (SSSR count). The van der Waals surface area contributed by atoms with Crippen LogP contribution in [0.25, 0.3) is 11.4 Å². The molecule has 28 heavy (non-hydrogen) atoms. The van der Waals surface area contributed by atoms with Gasteiger partial charge < -0.3 is 10.0 Å². The standard InChI is InChI=1S/C21H20N4O3/c26-20(17-7-5-16(6-8-17)19-22-13-23-24-19)25-10-9-15(12-25)11-14-1-3-18(4-2-14)21(27)28/h1-8,13,15H,9-12H2,(H,27,28)(H,22,23,24). The largest absolute Gasteiger partial charge is 0.478 e. The Morgan fingerprint density at radius 2 is 1.79 bits per heavy atom. The van der Waals surface area contributed by atoms with E-state index in [-0.39, 0.29) is 5.91 Å². The summed E-state index contributed by atoms with van der Waals surface area (Å²) >= 11 is 0. The maximum Gasteiger partial charge on any atom is 0.335 e. The van der Waals surface area contributed by atoms with Crippen LogP contribution < -0.4 is 0 Å². The highest BCUT2D eigenvalue weighted by Gasteiger charge is 2.27. The lowest BCUT2D eigenvalue weighted by molar-refractivity contribution is 0.0696. The molecular formula is C21H20N4O3. The number of likely N-dealkylation sites (tertiary alicyclic amines) is 1.